The van der Waals surface area contributed by atoms with E-state index in [0.717, 1.165) is 11.3 Å². The Balaban J connectivity index is 2.96. The molecule has 1 amide bonds. The summed E-state index contributed by atoms with van der Waals surface area (Å²) in [5, 5.41) is 2.67. The molecule has 0 aliphatic rings. The highest BCUT2D eigenvalue weighted by Crippen LogP contribution is 2.13. The zero-order valence-corrected chi connectivity index (χ0v) is 6.87. The van der Waals surface area contributed by atoms with Crippen molar-refractivity contribution in [3.8, 4) is 0 Å². The van der Waals surface area contributed by atoms with Crippen LogP contribution in [0, 0.1) is 0 Å². The van der Waals surface area contributed by atoms with Crippen molar-refractivity contribution in [3.05, 3.63) is 30.6 Å². The van der Waals surface area contributed by atoms with Crippen LogP contribution in [0.2, 0.25) is 0 Å². The molecule has 0 spiro atoms. The quantitative estimate of drug-likeness (QED) is 0.718. The highest BCUT2D eigenvalue weighted by molar-refractivity contribution is 5.90. The summed E-state index contributed by atoms with van der Waals surface area (Å²) in [6.45, 7) is 5.07. The van der Waals surface area contributed by atoms with Crippen LogP contribution in [0.15, 0.2) is 25.0 Å². The van der Waals surface area contributed by atoms with Gasteiger partial charge in [-0.15, -0.1) is 0 Å². The number of pyridine rings is 1. The van der Waals surface area contributed by atoms with Crippen LogP contribution < -0.4 is 5.32 Å². The maximum Gasteiger partial charge on any atom is 0.221 e. The van der Waals surface area contributed by atoms with E-state index >= 15 is 0 Å². The van der Waals surface area contributed by atoms with Crippen LogP contribution in [0.5, 0.6) is 0 Å². The van der Waals surface area contributed by atoms with E-state index in [2.05, 4.69) is 16.9 Å². The Morgan fingerprint density at radius 2 is 2.50 bits per heavy atom. The lowest BCUT2D eigenvalue weighted by molar-refractivity contribution is -0.114. The number of aromatic nitrogens is 1. The van der Waals surface area contributed by atoms with Crippen LogP contribution in [-0.4, -0.2) is 10.9 Å². The van der Waals surface area contributed by atoms with Gasteiger partial charge in [-0.05, 0) is 6.07 Å². The molecule has 0 atom stereocenters. The fourth-order valence-corrected chi connectivity index (χ4v) is 0.873. The van der Waals surface area contributed by atoms with Gasteiger partial charge in [0.1, 0.15) is 0 Å². The zero-order valence-electron chi connectivity index (χ0n) is 6.87. The van der Waals surface area contributed by atoms with Gasteiger partial charge in [0.2, 0.25) is 5.91 Å². The van der Waals surface area contributed by atoms with Crippen LogP contribution in [-0.2, 0) is 4.79 Å². The lowest BCUT2D eigenvalue weighted by Crippen LogP contribution is -2.06. The molecule has 0 aliphatic heterocycles. The van der Waals surface area contributed by atoms with E-state index in [-0.39, 0.29) is 5.91 Å². The summed E-state index contributed by atoms with van der Waals surface area (Å²) in [7, 11) is 0. The third kappa shape index (κ3) is 1.92. The van der Waals surface area contributed by atoms with E-state index in [0.29, 0.717) is 0 Å². The van der Waals surface area contributed by atoms with Crippen molar-refractivity contribution < 1.29 is 4.79 Å². The van der Waals surface area contributed by atoms with Crippen molar-refractivity contribution in [3.63, 3.8) is 0 Å². The molecule has 1 aromatic rings. The van der Waals surface area contributed by atoms with Gasteiger partial charge in [-0.2, -0.15) is 0 Å². The van der Waals surface area contributed by atoms with Crippen LogP contribution in [0.4, 0.5) is 5.69 Å². The number of amides is 1. The van der Waals surface area contributed by atoms with Crippen molar-refractivity contribution in [2.45, 2.75) is 6.92 Å². The second kappa shape index (κ2) is 3.67. The molecule has 3 heteroatoms. The van der Waals surface area contributed by atoms with E-state index in [1.807, 2.05) is 0 Å². The summed E-state index contributed by atoms with van der Waals surface area (Å²) < 4.78 is 0. The number of anilines is 1. The predicted octanol–water partition coefficient (Wildman–Crippen LogP) is 1.68. The van der Waals surface area contributed by atoms with Gasteiger partial charge in [0.05, 0.1) is 5.69 Å². The Morgan fingerprint density at radius 3 is 3.08 bits per heavy atom. The fraction of sp³-hybridized carbons (Fsp3) is 0.111. The van der Waals surface area contributed by atoms with Crippen molar-refractivity contribution in [1.29, 1.82) is 0 Å². The van der Waals surface area contributed by atoms with Gasteiger partial charge in [0.25, 0.3) is 0 Å². The second-order valence-electron chi connectivity index (χ2n) is 2.35. The van der Waals surface area contributed by atoms with E-state index in [1.54, 1.807) is 24.5 Å². The molecule has 1 N–H and O–H groups in total. The monoisotopic (exact) mass is 162 g/mol. The van der Waals surface area contributed by atoms with Crippen molar-refractivity contribution in [2.75, 3.05) is 5.32 Å². The summed E-state index contributed by atoms with van der Waals surface area (Å²) in [6, 6.07) is 1.73. The van der Waals surface area contributed by atoms with E-state index in [4.69, 9.17) is 0 Å². The maximum atomic E-state index is 10.7. The normalized spacial score (nSPS) is 9.08. The summed E-state index contributed by atoms with van der Waals surface area (Å²) >= 11 is 0. The Kier molecular flexibility index (Phi) is 2.58. The van der Waals surface area contributed by atoms with E-state index in [9.17, 15) is 4.79 Å². The molecule has 1 heterocycles. The lowest BCUT2D eigenvalue weighted by atomic mass is 10.2. The SMILES string of the molecule is C=Cc1cnccc1NC(C)=O. The number of rotatable bonds is 2. The topological polar surface area (TPSA) is 42.0 Å². The predicted molar refractivity (Wildman–Crippen MR) is 48.6 cm³/mol. The first-order valence-corrected chi connectivity index (χ1v) is 3.58. The summed E-state index contributed by atoms with van der Waals surface area (Å²) in [4.78, 5) is 14.6. The fourth-order valence-electron chi connectivity index (χ4n) is 0.873. The Morgan fingerprint density at radius 1 is 1.75 bits per heavy atom. The number of nitrogens with one attached hydrogen (secondary N) is 1. The minimum atomic E-state index is -0.0932. The molecule has 0 radical (unpaired) electrons. The number of carbonyl (C=O) groups is 1. The molecule has 0 saturated heterocycles. The summed E-state index contributed by atoms with van der Waals surface area (Å²) in [5.74, 6) is -0.0932. The van der Waals surface area contributed by atoms with Gasteiger partial charge < -0.3 is 5.32 Å². The Bertz CT molecular complexity index is 307. The largest absolute Gasteiger partial charge is 0.326 e. The molecular weight excluding hydrogens is 152 g/mol. The van der Waals surface area contributed by atoms with Crippen molar-refractivity contribution >= 4 is 17.7 Å². The van der Waals surface area contributed by atoms with Crippen molar-refractivity contribution in [2.24, 2.45) is 0 Å². The number of hydrogen-bond acceptors (Lipinski definition) is 2. The number of carbonyl (C=O) groups excluding carboxylic acids is 1. The average molecular weight is 162 g/mol. The molecule has 0 saturated carbocycles. The maximum absolute atomic E-state index is 10.7. The first kappa shape index (κ1) is 8.46. The van der Waals surface area contributed by atoms with Gasteiger partial charge in [-0.25, -0.2) is 0 Å². The molecule has 1 aromatic heterocycles. The molecule has 12 heavy (non-hydrogen) atoms. The van der Waals surface area contributed by atoms with Crippen molar-refractivity contribution in [1.82, 2.24) is 4.98 Å². The van der Waals surface area contributed by atoms with Crippen LogP contribution >= 0.6 is 0 Å². The third-order valence-corrected chi connectivity index (χ3v) is 1.38. The minimum Gasteiger partial charge on any atom is -0.326 e. The van der Waals surface area contributed by atoms with Crippen LogP contribution in [0.1, 0.15) is 12.5 Å². The Labute approximate surface area is 71.1 Å². The summed E-state index contributed by atoms with van der Waals surface area (Å²) in [5.41, 5.74) is 1.57. The smallest absolute Gasteiger partial charge is 0.221 e. The first-order chi connectivity index (χ1) is 5.74. The lowest BCUT2D eigenvalue weighted by Gasteiger charge is -2.04. The van der Waals surface area contributed by atoms with E-state index in [1.165, 1.54) is 6.92 Å². The standard InChI is InChI=1S/C9H10N2O/c1-3-8-6-10-5-4-9(8)11-7(2)12/h3-6H,1H2,2H3,(H,10,11,12). The van der Waals surface area contributed by atoms with Gasteiger partial charge in [-0.3, -0.25) is 9.78 Å². The van der Waals surface area contributed by atoms with Gasteiger partial charge in [-0.1, -0.05) is 12.7 Å². The third-order valence-electron chi connectivity index (χ3n) is 1.38. The second-order valence-corrected chi connectivity index (χ2v) is 2.35. The summed E-state index contributed by atoms with van der Waals surface area (Å²) in [6.07, 6.45) is 4.93. The highest BCUT2D eigenvalue weighted by atomic mass is 16.1. The molecule has 0 unspecified atom stereocenters. The van der Waals surface area contributed by atoms with Gasteiger partial charge >= 0.3 is 0 Å². The van der Waals surface area contributed by atoms with E-state index < -0.39 is 0 Å². The molecule has 1 rings (SSSR count). The molecular formula is C9H10N2O. The molecule has 0 fully saturated rings. The number of hydrogen-bond donors (Lipinski definition) is 1. The zero-order chi connectivity index (χ0) is 8.97. The average Bonchev–Trinajstić information content (AvgIpc) is 2.04. The van der Waals surface area contributed by atoms with Crippen LogP contribution in [0.25, 0.3) is 6.08 Å². The van der Waals surface area contributed by atoms with Crippen LogP contribution in [0.3, 0.4) is 0 Å². The van der Waals surface area contributed by atoms with Gasteiger partial charge in [0, 0.05) is 24.9 Å². The Hall–Kier alpha value is -1.64. The van der Waals surface area contributed by atoms with Gasteiger partial charge in [0.15, 0.2) is 0 Å². The molecule has 3 nitrogen and oxygen atoms in total. The first-order valence-electron chi connectivity index (χ1n) is 3.58. The molecule has 0 aliphatic carbocycles. The molecule has 62 valence electrons. The number of nitrogens with zero attached hydrogens (tertiary/aromatic N) is 1. The molecule has 0 aromatic carbocycles. The minimum absolute atomic E-state index is 0.0932. The highest BCUT2D eigenvalue weighted by Gasteiger charge is 1.98. The molecule has 0 bridgehead atoms.